The molecule has 0 aliphatic rings. The second-order valence-corrected chi connectivity index (χ2v) is 3.50. The molecule has 0 aliphatic carbocycles. The van der Waals surface area contributed by atoms with Crippen LogP contribution in [0.25, 0.3) is 0 Å². The van der Waals surface area contributed by atoms with Crippen molar-refractivity contribution in [3.63, 3.8) is 0 Å². The number of rotatable bonds is 7. The zero-order chi connectivity index (χ0) is 10.1. The van der Waals surface area contributed by atoms with Gasteiger partial charge < -0.3 is 5.11 Å². The molecule has 1 atom stereocenters. The highest BCUT2D eigenvalue weighted by atomic mass is 16.4. The predicted octanol–water partition coefficient (Wildman–Crippen LogP) is 3.23. The van der Waals surface area contributed by atoms with Gasteiger partial charge in [0, 0.05) is 0 Å². The van der Waals surface area contributed by atoms with Gasteiger partial charge in [-0.25, -0.2) is 0 Å². The largest absolute Gasteiger partial charge is 0.481 e. The van der Waals surface area contributed by atoms with Gasteiger partial charge in [-0.05, 0) is 18.8 Å². The molecule has 76 valence electrons. The van der Waals surface area contributed by atoms with Gasteiger partial charge in [-0.3, -0.25) is 4.79 Å². The molecule has 0 saturated carbocycles. The van der Waals surface area contributed by atoms with Crippen LogP contribution in [0.5, 0.6) is 0 Å². The van der Waals surface area contributed by atoms with E-state index in [0.717, 1.165) is 6.42 Å². The molecule has 0 spiro atoms. The maximum atomic E-state index is 10.3. The molecule has 0 bridgehead atoms. The van der Waals surface area contributed by atoms with E-state index in [1.165, 1.54) is 19.3 Å². The Morgan fingerprint density at radius 2 is 2.15 bits per heavy atom. The molecule has 13 heavy (non-hydrogen) atoms. The van der Waals surface area contributed by atoms with Crippen molar-refractivity contribution in [3.8, 4) is 0 Å². The molecule has 0 aromatic carbocycles. The molecule has 0 amide bonds. The lowest BCUT2D eigenvalue weighted by molar-refractivity contribution is -0.137. The number of carbonyl (C=O) groups is 1. The molecule has 0 saturated heterocycles. The first-order valence-electron chi connectivity index (χ1n) is 5.05. The number of allylic oxidation sites excluding steroid dienone is 2. The van der Waals surface area contributed by atoms with Crippen LogP contribution in [0.15, 0.2) is 12.2 Å². The third-order valence-corrected chi connectivity index (χ3v) is 1.94. The molecular weight excluding hydrogens is 164 g/mol. The van der Waals surface area contributed by atoms with Crippen LogP contribution in [-0.2, 0) is 4.79 Å². The van der Waals surface area contributed by atoms with Crippen molar-refractivity contribution < 1.29 is 9.90 Å². The maximum absolute atomic E-state index is 10.3. The van der Waals surface area contributed by atoms with E-state index in [9.17, 15) is 4.79 Å². The minimum absolute atomic E-state index is 0.166. The number of unbranched alkanes of at least 4 members (excludes halogenated alkanes) is 3. The minimum Gasteiger partial charge on any atom is -0.481 e. The van der Waals surface area contributed by atoms with E-state index in [1.807, 2.05) is 13.0 Å². The monoisotopic (exact) mass is 184 g/mol. The van der Waals surface area contributed by atoms with Gasteiger partial charge in [-0.15, -0.1) is 0 Å². The third-order valence-electron chi connectivity index (χ3n) is 1.94. The van der Waals surface area contributed by atoms with Crippen LogP contribution in [0.2, 0.25) is 0 Å². The Bertz CT molecular complexity index is 161. The van der Waals surface area contributed by atoms with Gasteiger partial charge in [0.05, 0.1) is 6.42 Å². The molecule has 0 heterocycles. The number of carboxylic acid groups (broad SMARTS) is 1. The predicted molar refractivity (Wildman–Crippen MR) is 54.7 cm³/mol. The van der Waals surface area contributed by atoms with E-state index in [0.29, 0.717) is 0 Å². The molecule has 0 radical (unpaired) electrons. The van der Waals surface area contributed by atoms with E-state index < -0.39 is 5.97 Å². The zero-order valence-corrected chi connectivity index (χ0v) is 8.62. The van der Waals surface area contributed by atoms with Crippen LogP contribution < -0.4 is 0 Å². The summed E-state index contributed by atoms with van der Waals surface area (Å²) in [6, 6.07) is 0. The number of hydrogen-bond acceptors (Lipinski definition) is 1. The SMILES string of the molecule is CCCCC/C=C\[C@H](C)CC(=O)O. The Hall–Kier alpha value is -0.790. The second kappa shape index (κ2) is 7.84. The van der Waals surface area contributed by atoms with E-state index >= 15 is 0 Å². The summed E-state index contributed by atoms with van der Waals surface area (Å²) in [4.78, 5) is 10.3. The topological polar surface area (TPSA) is 37.3 Å². The first-order valence-corrected chi connectivity index (χ1v) is 5.05. The Labute approximate surface area is 80.7 Å². The quantitative estimate of drug-likeness (QED) is 0.487. The second-order valence-electron chi connectivity index (χ2n) is 3.50. The van der Waals surface area contributed by atoms with Gasteiger partial charge in [0.15, 0.2) is 0 Å². The Morgan fingerprint density at radius 3 is 2.69 bits per heavy atom. The molecule has 2 heteroatoms. The van der Waals surface area contributed by atoms with E-state index in [1.54, 1.807) is 0 Å². The van der Waals surface area contributed by atoms with E-state index in [2.05, 4.69) is 13.0 Å². The summed E-state index contributed by atoms with van der Waals surface area (Å²) in [5.41, 5.74) is 0. The van der Waals surface area contributed by atoms with Crippen LogP contribution in [0.1, 0.15) is 46.0 Å². The zero-order valence-electron chi connectivity index (χ0n) is 8.62. The van der Waals surface area contributed by atoms with Crippen molar-refractivity contribution in [1.29, 1.82) is 0 Å². The molecule has 0 rings (SSSR count). The average Bonchev–Trinajstić information content (AvgIpc) is 2.02. The van der Waals surface area contributed by atoms with E-state index in [4.69, 9.17) is 5.11 Å². The average molecular weight is 184 g/mol. The van der Waals surface area contributed by atoms with Crippen molar-refractivity contribution >= 4 is 5.97 Å². The summed E-state index contributed by atoms with van der Waals surface area (Å²) < 4.78 is 0. The molecule has 0 aromatic rings. The van der Waals surface area contributed by atoms with Gasteiger partial charge in [0.1, 0.15) is 0 Å². The first kappa shape index (κ1) is 12.2. The maximum Gasteiger partial charge on any atom is 0.303 e. The Kier molecular flexibility index (Phi) is 7.36. The summed E-state index contributed by atoms with van der Waals surface area (Å²) in [5.74, 6) is -0.551. The molecule has 1 N–H and O–H groups in total. The van der Waals surface area contributed by atoms with E-state index in [-0.39, 0.29) is 12.3 Å². The van der Waals surface area contributed by atoms with Gasteiger partial charge in [0.25, 0.3) is 0 Å². The van der Waals surface area contributed by atoms with Gasteiger partial charge in [0.2, 0.25) is 0 Å². The normalized spacial score (nSPS) is 13.4. The van der Waals surface area contributed by atoms with Crippen molar-refractivity contribution in [2.24, 2.45) is 5.92 Å². The summed E-state index contributed by atoms with van der Waals surface area (Å²) >= 11 is 0. The van der Waals surface area contributed by atoms with Crippen molar-refractivity contribution in [1.82, 2.24) is 0 Å². The van der Waals surface area contributed by atoms with Crippen molar-refractivity contribution in [2.75, 3.05) is 0 Å². The van der Waals surface area contributed by atoms with Gasteiger partial charge in [-0.1, -0.05) is 38.8 Å². The lowest BCUT2D eigenvalue weighted by Crippen LogP contribution is -2.00. The smallest absolute Gasteiger partial charge is 0.303 e. The molecule has 0 aliphatic heterocycles. The fourth-order valence-corrected chi connectivity index (χ4v) is 1.18. The molecule has 0 unspecified atom stereocenters. The molecule has 0 aromatic heterocycles. The summed E-state index contributed by atoms with van der Waals surface area (Å²) in [6.07, 6.45) is 9.14. The highest BCUT2D eigenvalue weighted by molar-refractivity contribution is 5.67. The fourth-order valence-electron chi connectivity index (χ4n) is 1.18. The Morgan fingerprint density at radius 1 is 1.46 bits per heavy atom. The van der Waals surface area contributed by atoms with Crippen LogP contribution in [-0.4, -0.2) is 11.1 Å². The number of aliphatic carboxylic acids is 1. The fraction of sp³-hybridized carbons (Fsp3) is 0.727. The van der Waals surface area contributed by atoms with Crippen molar-refractivity contribution in [2.45, 2.75) is 46.0 Å². The molecule has 2 nitrogen and oxygen atoms in total. The van der Waals surface area contributed by atoms with Crippen LogP contribution in [0.3, 0.4) is 0 Å². The summed E-state index contributed by atoms with van der Waals surface area (Å²) in [7, 11) is 0. The Balaban J connectivity index is 3.41. The van der Waals surface area contributed by atoms with Gasteiger partial charge in [-0.2, -0.15) is 0 Å². The minimum atomic E-state index is -0.717. The lowest BCUT2D eigenvalue weighted by Gasteiger charge is -2.00. The summed E-state index contributed by atoms with van der Waals surface area (Å²) in [6.45, 7) is 4.11. The third kappa shape index (κ3) is 9.12. The lowest BCUT2D eigenvalue weighted by atomic mass is 10.1. The number of hydrogen-bond donors (Lipinski definition) is 1. The first-order chi connectivity index (χ1) is 6.16. The summed E-state index contributed by atoms with van der Waals surface area (Å²) in [5, 5.41) is 8.49. The van der Waals surface area contributed by atoms with Crippen LogP contribution in [0.4, 0.5) is 0 Å². The van der Waals surface area contributed by atoms with Crippen molar-refractivity contribution in [3.05, 3.63) is 12.2 Å². The molecular formula is C11H20O2. The molecule has 0 fully saturated rings. The highest BCUT2D eigenvalue weighted by Crippen LogP contribution is 2.06. The van der Waals surface area contributed by atoms with Crippen LogP contribution >= 0.6 is 0 Å². The van der Waals surface area contributed by atoms with Crippen LogP contribution in [0, 0.1) is 5.92 Å². The van der Waals surface area contributed by atoms with Gasteiger partial charge >= 0.3 is 5.97 Å². The standard InChI is InChI=1S/C11H20O2/c1-3-4-5-6-7-8-10(2)9-11(12)13/h7-8,10H,3-6,9H2,1-2H3,(H,12,13)/b8-7-/t10-/m0/s1. The number of carboxylic acids is 1. The highest BCUT2D eigenvalue weighted by Gasteiger charge is 2.02.